The van der Waals surface area contributed by atoms with Crippen molar-refractivity contribution in [1.29, 1.82) is 0 Å². The summed E-state index contributed by atoms with van der Waals surface area (Å²) in [7, 11) is 0. The SMILES string of the molecule is C[CH]On1cnc2c(=O)[nH]c(N)nc21. The van der Waals surface area contributed by atoms with Gasteiger partial charge in [-0.25, -0.2) is 4.98 Å². The predicted molar refractivity (Wildman–Crippen MR) is 49.1 cm³/mol. The maximum atomic E-state index is 11.3. The van der Waals surface area contributed by atoms with Crippen molar-refractivity contribution in [3.05, 3.63) is 23.3 Å². The van der Waals surface area contributed by atoms with E-state index in [1.165, 1.54) is 17.7 Å². The summed E-state index contributed by atoms with van der Waals surface area (Å²) >= 11 is 0. The summed E-state index contributed by atoms with van der Waals surface area (Å²) in [6, 6.07) is 0. The molecule has 7 heteroatoms. The van der Waals surface area contributed by atoms with E-state index in [-0.39, 0.29) is 17.0 Å². The summed E-state index contributed by atoms with van der Waals surface area (Å²) in [6.07, 6.45) is 1.35. The van der Waals surface area contributed by atoms with E-state index in [0.717, 1.165) is 0 Å². The van der Waals surface area contributed by atoms with Crippen LogP contribution in [0.15, 0.2) is 11.1 Å². The minimum absolute atomic E-state index is 0.0314. The highest BCUT2D eigenvalue weighted by atomic mass is 16.7. The smallest absolute Gasteiger partial charge is 0.280 e. The molecule has 3 N–H and O–H groups in total. The third-order valence-electron chi connectivity index (χ3n) is 1.61. The zero-order valence-electron chi connectivity index (χ0n) is 7.39. The van der Waals surface area contributed by atoms with Crippen molar-refractivity contribution in [3.63, 3.8) is 0 Å². The Morgan fingerprint density at radius 1 is 1.71 bits per heavy atom. The Hall–Kier alpha value is -2.05. The van der Waals surface area contributed by atoms with E-state index in [2.05, 4.69) is 15.0 Å². The molecule has 2 rings (SSSR count). The van der Waals surface area contributed by atoms with E-state index in [0.29, 0.717) is 5.65 Å². The van der Waals surface area contributed by atoms with Crippen molar-refractivity contribution in [1.82, 2.24) is 19.7 Å². The molecule has 0 aliphatic rings. The average Bonchev–Trinajstić information content (AvgIpc) is 2.49. The van der Waals surface area contributed by atoms with Gasteiger partial charge in [0, 0.05) is 0 Å². The third kappa shape index (κ3) is 1.18. The van der Waals surface area contributed by atoms with Gasteiger partial charge < -0.3 is 10.6 Å². The Balaban J connectivity index is 2.72. The van der Waals surface area contributed by atoms with Gasteiger partial charge in [-0.3, -0.25) is 9.78 Å². The number of hydrogen-bond acceptors (Lipinski definition) is 5. The van der Waals surface area contributed by atoms with Gasteiger partial charge in [0.2, 0.25) is 11.6 Å². The lowest BCUT2D eigenvalue weighted by molar-refractivity contribution is 0.181. The Morgan fingerprint density at radius 3 is 3.21 bits per heavy atom. The number of aromatic nitrogens is 4. The van der Waals surface area contributed by atoms with Crippen LogP contribution in [0.5, 0.6) is 0 Å². The predicted octanol–water partition coefficient (Wildman–Crippen LogP) is -0.688. The van der Waals surface area contributed by atoms with Crippen molar-refractivity contribution >= 4 is 17.1 Å². The van der Waals surface area contributed by atoms with Crippen molar-refractivity contribution < 1.29 is 4.84 Å². The molecule has 0 aromatic carbocycles. The molecule has 1 radical (unpaired) electrons. The number of nitrogens with zero attached hydrogens (tertiary/aromatic N) is 3. The van der Waals surface area contributed by atoms with Gasteiger partial charge >= 0.3 is 0 Å². The second-order valence-corrected chi connectivity index (χ2v) is 2.53. The Morgan fingerprint density at radius 2 is 2.50 bits per heavy atom. The summed E-state index contributed by atoms with van der Waals surface area (Å²) in [5.41, 5.74) is 5.48. The molecule has 2 aromatic rings. The molecule has 0 aliphatic heterocycles. The van der Waals surface area contributed by atoms with Crippen molar-refractivity contribution in [2.24, 2.45) is 0 Å². The van der Waals surface area contributed by atoms with Gasteiger partial charge in [0.25, 0.3) is 5.56 Å². The number of anilines is 1. The molecule has 0 amide bonds. The van der Waals surface area contributed by atoms with Crippen LogP contribution in [-0.2, 0) is 0 Å². The molecule has 0 spiro atoms. The molecule has 0 bridgehead atoms. The van der Waals surface area contributed by atoms with Crippen LogP contribution in [0.3, 0.4) is 0 Å². The second kappa shape index (κ2) is 3.02. The lowest BCUT2D eigenvalue weighted by atomic mass is 10.5. The topological polar surface area (TPSA) is 98.8 Å². The molecular formula is C7H8N5O2. The highest BCUT2D eigenvalue weighted by Gasteiger charge is 2.09. The number of fused-ring (bicyclic) bond motifs is 1. The number of hydrogen-bond donors (Lipinski definition) is 2. The number of nitrogens with one attached hydrogen (secondary N) is 1. The van der Waals surface area contributed by atoms with E-state index in [4.69, 9.17) is 10.6 Å². The monoisotopic (exact) mass is 194 g/mol. The summed E-state index contributed by atoms with van der Waals surface area (Å²) < 4.78 is 1.26. The number of rotatable bonds is 2. The zero-order valence-corrected chi connectivity index (χ0v) is 7.39. The van der Waals surface area contributed by atoms with Crippen LogP contribution in [-0.4, -0.2) is 19.7 Å². The van der Waals surface area contributed by atoms with Gasteiger partial charge in [-0.15, -0.1) is 0 Å². The number of nitrogen functional groups attached to an aromatic ring is 1. The van der Waals surface area contributed by atoms with Gasteiger partial charge in [0.1, 0.15) is 6.33 Å². The Kier molecular flexibility index (Phi) is 1.84. The number of H-pyrrole nitrogens is 1. The van der Waals surface area contributed by atoms with E-state index in [1.54, 1.807) is 6.92 Å². The molecule has 0 aliphatic carbocycles. The first-order valence-corrected chi connectivity index (χ1v) is 3.90. The van der Waals surface area contributed by atoms with Gasteiger partial charge in [-0.2, -0.15) is 9.71 Å². The highest BCUT2D eigenvalue weighted by Crippen LogP contribution is 2.04. The highest BCUT2D eigenvalue weighted by molar-refractivity contribution is 5.69. The van der Waals surface area contributed by atoms with Crippen molar-refractivity contribution in [3.8, 4) is 0 Å². The standard InChI is InChI=1S/C7H8N5O2/c1-2-14-12-3-9-4-5(12)10-7(8)11-6(4)13/h2-3H,1H3,(H3,8,10,11,13). The first-order valence-electron chi connectivity index (χ1n) is 3.90. The van der Waals surface area contributed by atoms with Gasteiger partial charge in [0.15, 0.2) is 12.1 Å². The molecule has 0 atom stereocenters. The fourth-order valence-electron chi connectivity index (χ4n) is 1.10. The second-order valence-electron chi connectivity index (χ2n) is 2.53. The molecule has 0 saturated heterocycles. The summed E-state index contributed by atoms with van der Waals surface area (Å²) in [5.74, 6) is 0.0314. The van der Waals surface area contributed by atoms with Crippen LogP contribution in [0.2, 0.25) is 0 Å². The lowest BCUT2D eigenvalue weighted by Crippen LogP contribution is -2.13. The first-order chi connectivity index (χ1) is 6.72. The normalized spacial score (nSPS) is 10.6. The van der Waals surface area contributed by atoms with Crippen LogP contribution >= 0.6 is 0 Å². The van der Waals surface area contributed by atoms with Crippen molar-refractivity contribution in [2.75, 3.05) is 5.73 Å². The van der Waals surface area contributed by atoms with Crippen molar-refractivity contribution in [2.45, 2.75) is 6.92 Å². The number of imidazole rings is 1. The number of nitrogens with two attached hydrogens (primary N) is 1. The molecule has 0 unspecified atom stereocenters. The minimum atomic E-state index is -0.383. The third-order valence-corrected chi connectivity index (χ3v) is 1.61. The lowest BCUT2D eigenvalue weighted by Gasteiger charge is -2.01. The molecule has 2 aromatic heterocycles. The molecular weight excluding hydrogens is 186 g/mol. The summed E-state index contributed by atoms with van der Waals surface area (Å²) in [6.45, 7) is 3.14. The molecule has 14 heavy (non-hydrogen) atoms. The maximum Gasteiger partial charge on any atom is 0.280 e. The van der Waals surface area contributed by atoms with Crippen LogP contribution in [0, 0.1) is 6.61 Å². The molecule has 0 saturated carbocycles. The zero-order chi connectivity index (χ0) is 10.1. The number of aromatic amines is 1. The average molecular weight is 194 g/mol. The molecule has 7 nitrogen and oxygen atoms in total. The van der Waals surface area contributed by atoms with Gasteiger partial charge in [-0.05, 0) is 6.92 Å². The molecule has 2 heterocycles. The maximum absolute atomic E-state index is 11.3. The molecule has 73 valence electrons. The van der Waals surface area contributed by atoms with Crippen LogP contribution < -0.4 is 16.1 Å². The Labute approximate surface area is 78.5 Å². The largest absolute Gasteiger partial charge is 0.404 e. The van der Waals surface area contributed by atoms with Gasteiger partial charge in [-0.1, -0.05) is 0 Å². The van der Waals surface area contributed by atoms with Crippen LogP contribution in [0.1, 0.15) is 6.92 Å². The van der Waals surface area contributed by atoms with Gasteiger partial charge in [0.05, 0.1) is 0 Å². The van der Waals surface area contributed by atoms with Crippen LogP contribution in [0.4, 0.5) is 5.95 Å². The van der Waals surface area contributed by atoms with E-state index < -0.39 is 0 Å². The van der Waals surface area contributed by atoms with E-state index in [1.807, 2.05) is 0 Å². The quantitative estimate of drug-likeness (QED) is 0.659. The fraction of sp³-hybridized carbons (Fsp3) is 0.143. The minimum Gasteiger partial charge on any atom is -0.404 e. The molecule has 0 fully saturated rings. The van der Waals surface area contributed by atoms with E-state index in [9.17, 15) is 4.79 Å². The summed E-state index contributed by atoms with van der Waals surface area (Å²) in [4.78, 5) is 26.4. The Bertz CT molecular complexity index is 514. The van der Waals surface area contributed by atoms with Crippen LogP contribution in [0.25, 0.3) is 11.2 Å². The first kappa shape index (κ1) is 8.54. The fourth-order valence-corrected chi connectivity index (χ4v) is 1.10. The summed E-state index contributed by atoms with van der Waals surface area (Å²) in [5, 5.41) is 0. The van der Waals surface area contributed by atoms with E-state index >= 15 is 0 Å².